The Labute approximate surface area is 113 Å². The first-order valence-corrected chi connectivity index (χ1v) is 6.55. The van der Waals surface area contributed by atoms with Gasteiger partial charge in [-0.3, -0.25) is 9.78 Å². The van der Waals surface area contributed by atoms with E-state index in [-0.39, 0.29) is 5.91 Å². The van der Waals surface area contributed by atoms with Crippen LogP contribution < -0.4 is 5.32 Å². The van der Waals surface area contributed by atoms with Gasteiger partial charge < -0.3 is 5.32 Å². The van der Waals surface area contributed by atoms with Crippen LogP contribution in [0.3, 0.4) is 0 Å². The highest BCUT2D eigenvalue weighted by Crippen LogP contribution is 2.12. The highest BCUT2D eigenvalue weighted by atomic mass is 16.1. The van der Waals surface area contributed by atoms with Gasteiger partial charge >= 0.3 is 0 Å². The number of nitrogens with one attached hydrogen (secondary N) is 1. The van der Waals surface area contributed by atoms with Crippen molar-refractivity contribution in [3.63, 3.8) is 0 Å². The van der Waals surface area contributed by atoms with E-state index in [1.165, 1.54) is 5.56 Å². The number of benzene rings is 1. The first kappa shape index (κ1) is 13.3. The molecule has 0 fully saturated rings. The Morgan fingerprint density at radius 1 is 1.21 bits per heavy atom. The van der Waals surface area contributed by atoms with E-state index in [9.17, 15) is 4.79 Å². The number of hydrogen-bond acceptors (Lipinski definition) is 2. The van der Waals surface area contributed by atoms with Gasteiger partial charge in [0.25, 0.3) is 0 Å². The van der Waals surface area contributed by atoms with Crippen LogP contribution in [-0.2, 0) is 17.6 Å². The van der Waals surface area contributed by atoms with Crippen LogP contribution in [0.1, 0.15) is 24.5 Å². The lowest BCUT2D eigenvalue weighted by atomic mass is 10.1. The Kier molecular flexibility index (Phi) is 4.67. The third-order valence-electron chi connectivity index (χ3n) is 2.98. The quantitative estimate of drug-likeness (QED) is 0.890. The highest BCUT2D eigenvalue weighted by molar-refractivity contribution is 5.90. The van der Waals surface area contributed by atoms with Gasteiger partial charge in [0.15, 0.2) is 0 Å². The average Bonchev–Trinajstić information content (AvgIpc) is 2.46. The monoisotopic (exact) mass is 254 g/mol. The lowest BCUT2D eigenvalue weighted by molar-refractivity contribution is -0.116. The molecule has 0 spiro atoms. The third kappa shape index (κ3) is 4.21. The highest BCUT2D eigenvalue weighted by Gasteiger charge is 2.03. The number of rotatable bonds is 5. The van der Waals surface area contributed by atoms with Crippen LogP contribution in [0.5, 0.6) is 0 Å². The zero-order chi connectivity index (χ0) is 13.5. The van der Waals surface area contributed by atoms with E-state index in [1.807, 2.05) is 30.3 Å². The van der Waals surface area contributed by atoms with Crippen molar-refractivity contribution in [3.05, 3.63) is 59.9 Å². The van der Waals surface area contributed by atoms with E-state index in [4.69, 9.17) is 0 Å². The summed E-state index contributed by atoms with van der Waals surface area (Å²) < 4.78 is 0. The minimum absolute atomic E-state index is 0.0390. The van der Waals surface area contributed by atoms with Crippen LogP contribution in [0, 0.1) is 0 Å². The summed E-state index contributed by atoms with van der Waals surface area (Å²) >= 11 is 0. The molecule has 0 aliphatic rings. The SMILES string of the molecule is CCc1cccc(NC(=O)CCc2cccnc2)c1. The fourth-order valence-electron chi connectivity index (χ4n) is 1.90. The molecular weight excluding hydrogens is 236 g/mol. The Balaban J connectivity index is 1.87. The summed E-state index contributed by atoms with van der Waals surface area (Å²) in [6.45, 7) is 2.10. The maximum absolute atomic E-state index is 11.9. The average molecular weight is 254 g/mol. The number of carbonyl (C=O) groups excluding carboxylic acids is 1. The lowest BCUT2D eigenvalue weighted by Gasteiger charge is -2.06. The fourth-order valence-corrected chi connectivity index (χ4v) is 1.90. The fraction of sp³-hybridized carbons (Fsp3) is 0.250. The smallest absolute Gasteiger partial charge is 0.224 e. The topological polar surface area (TPSA) is 42.0 Å². The number of nitrogens with zero attached hydrogens (tertiary/aromatic N) is 1. The van der Waals surface area contributed by atoms with Crippen LogP contribution in [0.25, 0.3) is 0 Å². The van der Waals surface area contributed by atoms with E-state index in [2.05, 4.69) is 23.3 Å². The molecule has 2 aromatic rings. The molecule has 3 nitrogen and oxygen atoms in total. The van der Waals surface area contributed by atoms with Crippen molar-refractivity contribution in [2.75, 3.05) is 5.32 Å². The number of pyridine rings is 1. The first-order valence-electron chi connectivity index (χ1n) is 6.55. The van der Waals surface area contributed by atoms with Gasteiger partial charge in [0, 0.05) is 24.5 Å². The lowest BCUT2D eigenvalue weighted by Crippen LogP contribution is -2.12. The maximum Gasteiger partial charge on any atom is 0.224 e. The van der Waals surface area contributed by atoms with Gasteiger partial charge in [0.1, 0.15) is 0 Å². The second kappa shape index (κ2) is 6.69. The standard InChI is InChI=1S/C16H18N2O/c1-2-13-5-3-7-15(11-13)18-16(19)9-8-14-6-4-10-17-12-14/h3-7,10-12H,2,8-9H2,1H3,(H,18,19). The minimum Gasteiger partial charge on any atom is -0.326 e. The van der Waals surface area contributed by atoms with Crippen LogP contribution >= 0.6 is 0 Å². The molecule has 0 unspecified atom stereocenters. The van der Waals surface area contributed by atoms with Crippen molar-refractivity contribution in [1.82, 2.24) is 4.98 Å². The molecule has 98 valence electrons. The van der Waals surface area contributed by atoms with Crippen LogP contribution in [0.2, 0.25) is 0 Å². The van der Waals surface area contributed by atoms with Crippen molar-refractivity contribution in [1.29, 1.82) is 0 Å². The summed E-state index contributed by atoms with van der Waals surface area (Å²) in [6.07, 6.45) is 5.69. The van der Waals surface area contributed by atoms with Crippen LogP contribution in [-0.4, -0.2) is 10.9 Å². The molecule has 1 aromatic heterocycles. The molecule has 1 heterocycles. The second-order valence-electron chi connectivity index (χ2n) is 4.46. The molecule has 1 N–H and O–H groups in total. The molecule has 19 heavy (non-hydrogen) atoms. The Morgan fingerprint density at radius 2 is 2.05 bits per heavy atom. The predicted molar refractivity (Wildman–Crippen MR) is 77.0 cm³/mol. The van der Waals surface area contributed by atoms with Crippen molar-refractivity contribution in [2.45, 2.75) is 26.2 Å². The number of aromatic nitrogens is 1. The van der Waals surface area contributed by atoms with Crippen molar-refractivity contribution >= 4 is 11.6 Å². The molecule has 0 atom stereocenters. The molecule has 2 rings (SSSR count). The Hall–Kier alpha value is -2.16. The van der Waals surface area contributed by atoms with Crippen molar-refractivity contribution in [3.8, 4) is 0 Å². The number of carbonyl (C=O) groups is 1. The zero-order valence-corrected chi connectivity index (χ0v) is 11.1. The first-order chi connectivity index (χ1) is 9.28. The molecule has 0 aliphatic heterocycles. The summed E-state index contributed by atoms with van der Waals surface area (Å²) in [7, 11) is 0. The van der Waals surface area contributed by atoms with E-state index in [0.29, 0.717) is 12.8 Å². The van der Waals surface area contributed by atoms with Gasteiger partial charge in [-0.15, -0.1) is 0 Å². The molecule has 0 saturated heterocycles. The van der Waals surface area contributed by atoms with E-state index < -0.39 is 0 Å². The van der Waals surface area contributed by atoms with Gasteiger partial charge in [-0.1, -0.05) is 25.1 Å². The third-order valence-corrected chi connectivity index (χ3v) is 2.98. The molecule has 3 heteroatoms. The number of amides is 1. The largest absolute Gasteiger partial charge is 0.326 e. The Morgan fingerprint density at radius 3 is 2.79 bits per heavy atom. The Bertz CT molecular complexity index is 537. The summed E-state index contributed by atoms with van der Waals surface area (Å²) in [5.41, 5.74) is 3.18. The molecule has 0 saturated carbocycles. The van der Waals surface area contributed by atoms with Gasteiger partial charge in [0.2, 0.25) is 5.91 Å². The van der Waals surface area contributed by atoms with Crippen molar-refractivity contribution < 1.29 is 4.79 Å². The van der Waals surface area contributed by atoms with E-state index >= 15 is 0 Å². The number of aryl methyl sites for hydroxylation is 2. The summed E-state index contributed by atoms with van der Waals surface area (Å²) in [5.74, 6) is 0.0390. The predicted octanol–water partition coefficient (Wildman–Crippen LogP) is 3.22. The molecular formula is C16H18N2O. The van der Waals surface area contributed by atoms with Gasteiger partial charge in [-0.05, 0) is 42.2 Å². The summed E-state index contributed by atoms with van der Waals surface area (Å²) in [6, 6.07) is 11.8. The molecule has 0 radical (unpaired) electrons. The molecule has 0 aliphatic carbocycles. The van der Waals surface area contributed by atoms with Crippen LogP contribution in [0.15, 0.2) is 48.8 Å². The number of hydrogen-bond donors (Lipinski definition) is 1. The van der Waals surface area contributed by atoms with Gasteiger partial charge in [-0.2, -0.15) is 0 Å². The minimum atomic E-state index is 0.0390. The van der Waals surface area contributed by atoms with Gasteiger partial charge in [-0.25, -0.2) is 0 Å². The maximum atomic E-state index is 11.9. The summed E-state index contributed by atoms with van der Waals surface area (Å²) in [5, 5.41) is 2.93. The van der Waals surface area contributed by atoms with E-state index in [0.717, 1.165) is 17.7 Å². The normalized spacial score (nSPS) is 10.2. The molecule has 0 bridgehead atoms. The van der Waals surface area contributed by atoms with Crippen molar-refractivity contribution in [2.24, 2.45) is 0 Å². The van der Waals surface area contributed by atoms with Gasteiger partial charge in [0.05, 0.1) is 0 Å². The van der Waals surface area contributed by atoms with Crippen LogP contribution in [0.4, 0.5) is 5.69 Å². The number of anilines is 1. The van der Waals surface area contributed by atoms with E-state index in [1.54, 1.807) is 12.4 Å². The summed E-state index contributed by atoms with van der Waals surface area (Å²) in [4.78, 5) is 15.9. The molecule has 1 amide bonds. The zero-order valence-electron chi connectivity index (χ0n) is 11.1. The molecule has 1 aromatic carbocycles. The second-order valence-corrected chi connectivity index (χ2v) is 4.46.